The van der Waals surface area contributed by atoms with Gasteiger partial charge in [0.15, 0.2) is 0 Å². The largest absolute Gasteiger partial charge is 0.435 e. The molecular weight excluding hydrogens is 478 g/mol. The molecule has 186 valence electrons. The van der Waals surface area contributed by atoms with Crippen molar-refractivity contribution in [1.82, 2.24) is 9.21 Å². The van der Waals surface area contributed by atoms with Gasteiger partial charge < -0.3 is 14.4 Å². The molecule has 0 bridgehead atoms. The van der Waals surface area contributed by atoms with Gasteiger partial charge >= 0.3 is 6.61 Å². The molecule has 0 aliphatic carbocycles. The van der Waals surface area contributed by atoms with Gasteiger partial charge in [0.2, 0.25) is 15.9 Å². The van der Waals surface area contributed by atoms with Crippen LogP contribution in [0.2, 0.25) is 0 Å². The van der Waals surface area contributed by atoms with Crippen molar-refractivity contribution in [1.29, 1.82) is 0 Å². The number of halogens is 2. The van der Waals surface area contributed by atoms with Crippen LogP contribution in [0.1, 0.15) is 18.4 Å². The summed E-state index contributed by atoms with van der Waals surface area (Å²) in [5, 5.41) is 0. The summed E-state index contributed by atoms with van der Waals surface area (Å²) in [7, 11) is -3.73. The quantitative estimate of drug-likeness (QED) is 0.565. The first-order chi connectivity index (χ1) is 16.8. The van der Waals surface area contributed by atoms with E-state index in [1.165, 1.54) is 28.6 Å². The van der Waals surface area contributed by atoms with Gasteiger partial charge in [-0.2, -0.15) is 13.1 Å². The summed E-state index contributed by atoms with van der Waals surface area (Å²) in [4.78, 5) is 15.4. The Bertz CT molecular complexity index is 1210. The Morgan fingerprint density at radius 1 is 0.914 bits per heavy atom. The number of likely N-dealkylation sites (tertiary alicyclic amines) is 1. The minimum Gasteiger partial charge on any atom is -0.435 e. The lowest BCUT2D eigenvalue weighted by atomic mass is 9.72. The van der Waals surface area contributed by atoms with E-state index in [0.717, 1.165) is 16.7 Å². The lowest BCUT2D eigenvalue weighted by Gasteiger charge is -2.46. The highest BCUT2D eigenvalue weighted by Crippen LogP contribution is 2.39. The predicted octanol–water partition coefficient (Wildman–Crippen LogP) is 3.18. The number of sulfonamides is 1. The Hall–Kier alpha value is -2.82. The molecule has 2 aromatic carbocycles. The molecule has 0 radical (unpaired) electrons. The molecule has 0 spiro atoms. The smallest absolute Gasteiger partial charge is 0.387 e. The Morgan fingerprint density at radius 2 is 1.51 bits per heavy atom. The Kier molecular flexibility index (Phi) is 6.37. The normalized spacial score (nSPS) is 20.4. The van der Waals surface area contributed by atoms with Crippen molar-refractivity contribution < 1.29 is 31.5 Å². The van der Waals surface area contributed by atoms with Crippen molar-refractivity contribution in [3.63, 3.8) is 0 Å². The molecule has 3 fully saturated rings. The minimum atomic E-state index is -3.73. The number of nitrogens with zero attached hydrogens (tertiary/aromatic N) is 2. The molecular formula is C25H26F2N2O5S. The number of benzene rings is 2. The maximum absolute atomic E-state index is 13.6. The minimum absolute atomic E-state index is 0.0258. The summed E-state index contributed by atoms with van der Waals surface area (Å²) in [6.07, 6.45) is 1.29. The Labute approximate surface area is 203 Å². The van der Waals surface area contributed by atoms with Gasteiger partial charge in [0.1, 0.15) is 5.75 Å². The van der Waals surface area contributed by atoms with Gasteiger partial charge in [-0.05, 0) is 53.8 Å². The second-order valence-electron chi connectivity index (χ2n) is 9.05. The van der Waals surface area contributed by atoms with Gasteiger partial charge in [-0.25, -0.2) is 8.42 Å². The zero-order valence-corrected chi connectivity index (χ0v) is 19.8. The molecule has 1 amide bonds. The van der Waals surface area contributed by atoms with E-state index >= 15 is 0 Å². The van der Waals surface area contributed by atoms with Crippen LogP contribution < -0.4 is 4.74 Å². The van der Waals surface area contributed by atoms with E-state index in [2.05, 4.69) is 4.74 Å². The van der Waals surface area contributed by atoms with Crippen LogP contribution in [0.4, 0.5) is 8.78 Å². The van der Waals surface area contributed by atoms with Crippen LogP contribution in [0.5, 0.6) is 5.75 Å². The molecule has 5 rings (SSSR count). The summed E-state index contributed by atoms with van der Waals surface area (Å²) in [6, 6.07) is 14.8. The van der Waals surface area contributed by atoms with E-state index in [4.69, 9.17) is 4.74 Å². The molecule has 0 saturated carbocycles. The number of hydrogen-bond donors (Lipinski definition) is 0. The van der Waals surface area contributed by atoms with Crippen molar-refractivity contribution in [3.8, 4) is 5.75 Å². The van der Waals surface area contributed by atoms with Gasteiger partial charge in [0.25, 0.3) is 0 Å². The van der Waals surface area contributed by atoms with Crippen LogP contribution in [0.25, 0.3) is 0 Å². The molecule has 2 aromatic rings. The maximum Gasteiger partial charge on any atom is 0.387 e. The third-order valence-corrected chi connectivity index (χ3v) is 8.86. The third kappa shape index (κ3) is 4.46. The fourth-order valence-electron chi connectivity index (χ4n) is 4.90. The van der Waals surface area contributed by atoms with E-state index < -0.39 is 22.0 Å². The monoisotopic (exact) mass is 504 g/mol. The highest BCUT2D eigenvalue weighted by atomic mass is 32.2. The first-order valence-electron chi connectivity index (χ1n) is 11.5. The zero-order chi connectivity index (χ0) is 24.6. The van der Waals surface area contributed by atoms with E-state index in [9.17, 15) is 22.0 Å². The first-order valence-corrected chi connectivity index (χ1v) is 12.9. The van der Waals surface area contributed by atoms with E-state index in [-0.39, 0.29) is 29.6 Å². The van der Waals surface area contributed by atoms with Gasteiger partial charge in [-0.3, -0.25) is 4.79 Å². The SMILES string of the molecule is O=C(N1CC(=C2CN(S(=O)(=O)c3ccc(OC(F)F)cc3)C2)C1)C1(c2ccccc2)CCOCC1. The average Bonchev–Trinajstić information content (AvgIpc) is 2.80. The van der Waals surface area contributed by atoms with Crippen LogP contribution >= 0.6 is 0 Å². The maximum atomic E-state index is 13.6. The molecule has 0 N–H and O–H groups in total. The van der Waals surface area contributed by atoms with Crippen LogP contribution in [-0.4, -0.2) is 69.5 Å². The Balaban J connectivity index is 1.22. The summed E-state index contributed by atoms with van der Waals surface area (Å²) in [6.45, 7) is -0.312. The number of ether oxygens (including phenoxy) is 2. The molecule has 35 heavy (non-hydrogen) atoms. The van der Waals surface area contributed by atoms with Gasteiger partial charge in [0, 0.05) is 39.4 Å². The predicted molar refractivity (Wildman–Crippen MR) is 124 cm³/mol. The number of alkyl halides is 2. The lowest BCUT2D eigenvalue weighted by Crippen LogP contribution is -2.57. The van der Waals surface area contributed by atoms with Crippen molar-refractivity contribution in [3.05, 3.63) is 71.3 Å². The van der Waals surface area contributed by atoms with Gasteiger partial charge in [-0.1, -0.05) is 30.3 Å². The van der Waals surface area contributed by atoms with E-state index in [0.29, 0.717) is 39.1 Å². The third-order valence-electron chi connectivity index (χ3n) is 7.05. The fraction of sp³-hybridized carbons (Fsp3) is 0.400. The van der Waals surface area contributed by atoms with Crippen LogP contribution in [0.15, 0.2) is 70.6 Å². The molecule has 3 heterocycles. The molecule has 7 nitrogen and oxygen atoms in total. The van der Waals surface area contributed by atoms with Gasteiger partial charge in [0.05, 0.1) is 10.3 Å². The highest BCUT2D eigenvalue weighted by molar-refractivity contribution is 7.89. The summed E-state index contributed by atoms with van der Waals surface area (Å²) in [5.74, 6) is 0.00801. The molecule has 10 heteroatoms. The second-order valence-corrected chi connectivity index (χ2v) is 11.0. The summed E-state index contributed by atoms with van der Waals surface area (Å²) in [5.41, 5.74) is 2.56. The molecule has 3 saturated heterocycles. The number of hydrogen-bond acceptors (Lipinski definition) is 5. The van der Waals surface area contributed by atoms with E-state index in [1.807, 2.05) is 35.2 Å². The Morgan fingerprint density at radius 3 is 2.11 bits per heavy atom. The summed E-state index contributed by atoms with van der Waals surface area (Å²) < 4.78 is 61.4. The molecule has 0 aromatic heterocycles. The number of carbonyl (C=O) groups is 1. The van der Waals surface area contributed by atoms with Crippen molar-refractivity contribution in [2.75, 3.05) is 39.4 Å². The van der Waals surface area contributed by atoms with Crippen molar-refractivity contribution in [2.24, 2.45) is 0 Å². The molecule has 0 unspecified atom stereocenters. The van der Waals surface area contributed by atoms with E-state index in [1.54, 1.807) is 0 Å². The number of amides is 1. The molecule has 0 atom stereocenters. The van der Waals surface area contributed by atoms with Crippen LogP contribution in [-0.2, 0) is 25.0 Å². The summed E-state index contributed by atoms with van der Waals surface area (Å²) >= 11 is 0. The standard InChI is InChI=1S/C25H26F2N2O5S/c26-24(27)34-21-6-8-22(9-7-21)35(31,32)29-16-19(17-29)18-14-28(15-18)23(30)25(10-12-33-13-11-25)20-4-2-1-3-5-20/h1-9,24H,10-17H2. The number of carbonyl (C=O) groups excluding carboxylic acids is 1. The first kappa shape index (κ1) is 23.9. The van der Waals surface area contributed by atoms with Crippen LogP contribution in [0, 0.1) is 0 Å². The topological polar surface area (TPSA) is 76.2 Å². The van der Waals surface area contributed by atoms with Crippen molar-refractivity contribution >= 4 is 15.9 Å². The fourth-order valence-corrected chi connectivity index (χ4v) is 6.33. The zero-order valence-electron chi connectivity index (χ0n) is 19.0. The lowest BCUT2D eigenvalue weighted by molar-refractivity contribution is -0.142. The molecule has 3 aliphatic heterocycles. The van der Waals surface area contributed by atoms with Crippen LogP contribution in [0.3, 0.4) is 0 Å². The second kappa shape index (κ2) is 9.33. The molecule has 3 aliphatic rings. The van der Waals surface area contributed by atoms with Crippen molar-refractivity contribution in [2.45, 2.75) is 29.8 Å². The van der Waals surface area contributed by atoms with Gasteiger partial charge in [-0.15, -0.1) is 0 Å². The number of rotatable bonds is 6. The highest BCUT2D eigenvalue weighted by Gasteiger charge is 2.47. The average molecular weight is 505 g/mol.